The molecule has 4 nitrogen and oxygen atoms in total. The number of hydrogen-bond acceptors (Lipinski definition) is 4. The Kier molecular flexibility index (Phi) is 5.74. The molecule has 0 saturated heterocycles. The maximum atomic E-state index is 12.9. The van der Waals surface area contributed by atoms with Crippen molar-refractivity contribution in [1.82, 2.24) is 5.32 Å². The number of hydrogen-bond donors (Lipinski definition) is 3. The van der Waals surface area contributed by atoms with Crippen molar-refractivity contribution in [2.75, 3.05) is 7.11 Å². The fourth-order valence-corrected chi connectivity index (χ4v) is 3.57. The van der Waals surface area contributed by atoms with Crippen LogP contribution in [0.4, 0.5) is 13.2 Å². The summed E-state index contributed by atoms with van der Waals surface area (Å²) in [5.74, 6) is 0.540. The predicted molar refractivity (Wildman–Crippen MR) is 94.4 cm³/mol. The molecule has 146 valence electrons. The smallest absolute Gasteiger partial charge is 0.416 e. The molecule has 2 aromatic rings. The number of rotatable bonds is 5. The average Bonchev–Trinajstić information content (AvgIpc) is 2.94. The summed E-state index contributed by atoms with van der Waals surface area (Å²) in [6.07, 6.45) is -5.92. The molecule has 0 heterocycles. The summed E-state index contributed by atoms with van der Waals surface area (Å²) >= 11 is 0. The second-order valence-corrected chi connectivity index (χ2v) is 6.78. The molecule has 7 heteroatoms. The van der Waals surface area contributed by atoms with Crippen LogP contribution in [-0.2, 0) is 12.7 Å². The van der Waals surface area contributed by atoms with Crippen molar-refractivity contribution >= 4 is 0 Å². The minimum absolute atomic E-state index is 0.158. The van der Waals surface area contributed by atoms with Gasteiger partial charge in [0.25, 0.3) is 0 Å². The van der Waals surface area contributed by atoms with Crippen molar-refractivity contribution in [3.63, 3.8) is 0 Å². The van der Waals surface area contributed by atoms with Crippen LogP contribution in [0.2, 0.25) is 0 Å². The minimum atomic E-state index is -4.40. The van der Waals surface area contributed by atoms with Gasteiger partial charge in [0.05, 0.1) is 24.9 Å². The largest absolute Gasteiger partial charge is 0.497 e. The van der Waals surface area contributed by atoms with Crippen LogP contribution in [0.1, 0.15) is 29.0 Å². The summed E-state index contributed by atoms with van der Waals surface area (Å²) in [7, 11) is 1.57. The second-order valence-electron chi connectivity index (χ2n) is 6.78. The van der Waals surface area contributed by atoms with Crippen LogP contribution in [0.15, 0.2) is 48.5 Å². The van der Waals surface area contributed by atoms with E-state index in [0.29, 0.717) is 17.7 Å². The van der Waals surface area contributed by atoms with Gasteiger partial charge in [-0.1, -0.05) is 30.3 Å². The van der Waals surface area contributed by atoms with Gasteiger partial charge in [-0.15, -0.1) is 0 Å². The van der Waals surface area contributed by atoms with Crippen LogP contribution in [0, 0.1) is 0 Å². The maximum absolute atomic E-state index is 12.9. The highest BCUT2D eigenvalue weighted by Gasteiger charge is 2.42. The Bertz CT molecular complexity index is 764. The highest BCUT2D eigenvalue weighted by atomic mass is 19.4. The number of ether oxygens (including phenoxy) is 1. The zero-order chi connectivity index (χ0) is 19.6. The van der Waals surface area contributed by atoms with Gasteiger partial charge in [0.15, 0.2) is 0 Å². The first kappa shape index (κ1) is 19.7. The van der Waals surface area contributed by atoms with E-state index in [9.17, 15) is 23.4 Å². The molecule has 1 saturated carbocycles. The number of aliphatic hydroxyl groups is 2. The topological polar surface area (TPSA) is 61.7 Å². The number of nitrogens with one attached hydrogen (secondary N) is 1. The lowest BCUT2D eigenvalue weighted by atomic mass is 9.93. The molecular weight excluding hydrogens is 359 g/mol. The third-order valence-electron chi connectivity index (χ3n) is 5.03. The first-order valence-corrected chi connectivity index (χ1v) is 8.69. The molecule has 3 N–H and O–H groups in total. The molecule has 0 bridgehead atoms. The molecule has 0 unspecified atom stereocenters. The van der Waals surface area contributed by atoms with Gasteiger partial charge < -0.3 is 20.3 Å². The highest BCUT2D eigenvalue weighted by molar-refractivity contribution is 5.32. The van der Waals surface area contributed by atoms with E-state index >= 15 is 0 Å². The number of halogens is 3. The molecule has 1 fully saturated rings. The Hall–Kier alpha value is -2.09. The molecule has 3 rings (SSSR count). The van der Waals surface area contributed by atoms with Gasteiger partial charge in [0.1, 0.15) is 5.75 Å². The Morgan fingerprint density at radius 2 is 1.81 bits per heavy atom. The van der Waals surface area contributed by atoms with Crippen LogP contribution in [0.5, 0.6) is 5.75 Å². The lowest BCUT2D eigenvalue weighted by molar-refractivity contribution is -0.137. The molecule has 0 aromatic heterocycles. The molecule has 1 aliphatic rings. The summed E-state index contributed by atoms with van der Waals surface area (Å²) in [5.41, 5.74) is 0.681. The van der Waals surface area contributed by atoms with Crippen molar-refractivity contribution in [1.29, 1.82) is 0 Å². The zero-order valence-electron chi connectivity index (χ0n) is 14.8. The third-order valence-corrected chi connectivity index (χ3v) is 5.03. The molecule has 0 radical (unpaired) electrons. The Labute approximate surface area is 155 Å². The molecule has 1 aliphatic carbocycles. The number of alkyl halides is 3. The van der Waals surface area contributed by atoms with E-state index in [1.807, 2.05) is 12.1 Å². The lowest BCUT2D eigenvalue weighted by Gasteiger charge is -2.24. The molecule has 2 aromatic carbocycles. The van der Waals surface area contributed by atoms with Crippen molar-refractivity contribution < 1.29 is 28.1 Å². The van der Waals surface area contributed by atoms with Crippen molar-refractivity contribution in [3.05, 3.63) is 65.2 Å². The van der Waals surface area contributed by atoms with E-state index in [4.69, 9.17) is 4.74 Å². The summed E-state index contributed by atoms with van der Waals surface area (Å²) in [6, 6.07) is 11.9. The van der Waals surface area contributed by atoms with Gasteiger partial charge in [-0.2, -0.15) is 13.2 Å². The van der Waals surface area contributed by atoms with Crippen LogP contribution in [-0.4, -0.2) is 35.6 Å². The Balaban J connectivity index is 1.75. The van der Waals surface area contributed by atoms with Crippen molar-refractivity contribution in [2.24, 2.45) is 0 Å². The van der Waals surface area contributed by atoms with E-state index < -0.39 is 30.0 Å². The maximum Gasteiger partial charge on any atom is 0.416 e. The van der Waals surface area contributed by atoms with E-state index in [0.717, 1.165) is 17.7 Å². The van der Waals surface area contributed by atoms with Crippen LogP contribution in [0.3, 0.4) is 0 Å². The first-order valence-electron chi connectivity index (χ1n) is 8.69. The molecule has 0 aliphatic heterocycles. The molecular formula is C20H22F3NO3. The van der Waals surface area contributed by atoms with E-state index in [1.165, 1.54) is 6.07 Å². The van der Waals surface area contributed by atoms with Gasteiger partial charge in [0, 0.05) is 18.5 Å². The molecule has 27 heavy (non-hydrogen) atoms. The lowest BCUT2D eigenvalue weighted by Crippen LogP contribution is -2.41. The molecule has 4 atom stereocenters. The van der Waals surface area contributed by atoms with E-state index in [2.05, 4.69) is 5.32 Å². The second kappa shape index (κ2) is 7.88. The normalized spacial score (nSPS) is 25.6. The summed E-state index contributed by atoms with van der Waals surface area (Å²) < 4.78 is 43.7. The fraction of sp³-hybridized carbons (Fsp3) is 0.400. The van der Waals surface area contributed by atoms with Gasteiger partial charge in [-0.25, -0.2) is 0 Å². The van der Waals surface area contributed by atoms with Crippen molar-refractivity contribution in [3.8, 4) is 5.75 Å². The fourth-order valence-electron chi connectivity index (χ4n) is 3.57. The summed E-state index contributed by atoms with van der Waals surface area (Å²) in [5, 5.41) is 23.5. The van der Waals surface area contributed by atoms with Gasteiger partial charge >= 0.3 is 6.18 Å². The van der Waals surface area contributed by atoms with Crippen molar-refractivity contribution in [2.45, 2.75) is 43.3 Å². The first-order chi connectivity index (χ1) is 12.8. The molecule has 0 amide bonds. The Morgan fingerprint density at radius 1 is 1.11 bits per heavy atom. The van der Waals surface area contributed by atoms with E-state index in [-0.39, 0.29) is 12.5 Å². The minimum Gasteiger partial charge on any atom is -0.497 e. The molecule has 0 spiro atoms. The van der Waals surface area contributed by atoms with Crippen LogP contribution < -0.4 is 10.1 Å². The third kappa shape index (κ3) is 4.43. The average molecular weight is 381 g/mol. The van der Waals surface area contributed by atoms with Crippen LogP contribution in [0.25, 0.3) is 0 Å². The monoisotopic (exact) mass is 381 g/mol. The Morgan fingerprint density at radius 3 is 2.44 bits per heavy atom. The standard InChI is InChI=1S/C20H22F3NO3/c1-27-15-7-5-13(6-8-15)16-10-17(25)19(26)18(16)24-11-12-3-2-4-14(9-12)20(21,22)23/h2-9,16-19,24-26H,10-11H2,1H3/t16-,17-,18-,19-/m1/s1. The zero-order valence-corrected chi connectivity index (χ0v) is 14.8. The highest BCUT2D eigenvalue weighted by Crippen LogP contribution is 2.36. The van der Waals surface area contributed by atoms with Gasteiger partial charge in [-0.05, 0) is 35.7 Å². The quantitative estimate of drug-likeness (QED) is 0.745. The predicted octanol–water partition coefficient (Wildman–Crippen LogP) is 3.08. The van der Waals surface area contributed by atoms with Gasteiger partial charge in [0.2, 0.25) is 0 Å². The van der Waals surface area contributed by atoms with Gasteiger partial charge in [-0.3, -0.25) is 0 Å². The number of aliphatic hydroxyl groups excluding tert-OH is 2. The number of methoxy groups -OCH3 is 1. The SMILES string of the molecule is COc1ccc([C@H]2C[C@@H](O)[C@@H](O)[C@@H]2NCc2cccc(C(F)(F)F)c2)cc1. The number of benzene rings is 2. The van der Waals surface area contributed by atoms with E-state index in [1.54, 1.807) is 25.3 Å². The summed E-state index contributed by atoms with van der Waals surface area (Å²) in [6.45, 7) is 0.158. The van der Waals surface area contributed by atoms with Crippen LogP contribution >= 0.6 is 0 Å². The summed E-state index contributed by atoms with van der Waals surface area (Å²) in [4.78, 5) is 0.